The number of fused-ring (bicyclic) bond motifs is 1. The quantitative estimate of drug-likeness (QED) is 0.808. The van der Waals surface area contributed by atoms with Gasteiger partial charge in [-0.15, -0.1) is 0 Å². The fraction of sp³-hybridized carbons (Fsp3) is 0.588. The molecule has 0 aliphatic carbocycles. The van der Waals surface area contributed by atoms with Crippen molar-refractivity contribution in [2.75, 3.05) is 13.1 Å². The third-order valence-corrected chi connectivity index (χ3v) is 5.48. The third kappa shape index (κ3) is 3.02. The van der Waals surface area contributed by atoms with Gasteiger partial charge in [0.25, 0.3) is 0 Å². The van der Waals surface area contributed by atoms with E-state index in [1.807, 2.05) is 0 Å². The molecule has 1 atom stereocenters. The van der Waals surface area contributed by atoms with Gasteiger partial charge in [0, 0.05) is 34.7 Å². The van der Waals surface area contributed by atoms with Gasteiger partial charge in [0.05, 0.1) is 5.52 Å². The summed E-state index contributed by atoms with van der Waals surface area (Å²) >= 11 is 3.60. The van der Waals surface area contributed by atoms with Gasteiger partial charge in [-0.25, -0.2) is 0 Å². The Morgan fingerprint density at radius 1 is 1.33 bits per heavy atom. The Labute approximate surface area is 135 Å². The molecule has 4 heteroatoms. The standard InChI is InChI=1S/C17H24BrN3/c1-12-14-11-21(19-16(14)6-5-15(12)18)10-13-7-8-20(9-13)17(2,3)4/h5-6,11,13H,7-10H2,1-4H3/t13-/m1/s1. The van der Waals surface area contributed by atoms with Crippen molar-refractivity contribution in [1.29, 1.82) is 0 Å². The van der Waals surface area contributed by atoms with Crippen LogP contribution in [0.15, 0.2) is 22.8 Å². The molecular formula is C17H24BrN3. The van der Waals surface area contributed by atoms with Crippen LogP contribution >= 0.6 is 15.9 Å². The van der Waals surface area contributed by atoms with E-state index in [4.69, 9.17) is 5.10 Å². The molecule has 2 heterocycles. The Kier molecular flexibility index (Phi) is 3.87. The van der Waals surface area contributed by atoms with Crippen molar-refractivity contribution >= 4 is 26.8 Å². The van der Waals surface area contributed by atoms with Gasteiger partial charge in [-0.05, 0) is 64.3 Å². The van der Waals surface area contributed by atoms with Crippen molar-refractivity contribution in [3.05, 3.63) is 28.4 Å². The van der Waals surface area contributed by atoms with Crippen LogP contribution in [-0.2, 0) is 6.54 Å². The Hall–Kier alpha value is -0.870. The van der Waals surface area contributed by atoms with Gasteiger partial charge < -0.3 is 0 Å². The summed E-state index contributed by atoms with van der Waals surface area (Å²) in [5.74, 6) is 0.710. The normalized spacial score (nSPS) is 20.5. The second-order valence-corrected chi connectivity index (χ2v) is 8.08. The molecule has 0 saturated carbocycles. The molecule has 0 unspecified atom stereocenters. The summed E-state index contributed by atoms with van der Waals surface area (Å²) < 4.78 is 3.30. The maximum atomic E-state index is 4.74. The van der Waals surface area contributed by atoms with Crippen molar-refractivity contribution < 1.29 is 0 Å². The Bertz CT molecular complexity index is 654. The summed E-state index contributed by atoms with van der Waals surface area (Å²) in [4.78, 5) is 2.59. The first kappa shape index (κ1) is 15.0. The molecule has 0 bridgehead atoms. The van der Waals surface area contributed by atoms with Crippen LogP contribution in [0.25, 0.3) is 10.9 Å². The summed E-state index contributed by atoms with van der Waals surface area (Å²) in [6.45, 7) is 12.5. The van der Waals surface area contributed by atoms with Gasteiger partial charge in [-0.1, -0.05) is 15.9 Å². The molecule has 1 aromatic carbocycles. The van der Waals surface area contributed by atoms with E-state index < -0.39 is 0 Å². The average molecular weight is 350 g/mol. The van der Waals surface area contributed by atoms with E-state index in [0.717, 1.165) is 16.5 Å². The van der Waals surface area contributed by atoms with E-state index in [9.17, 15) is 0 Å². The fourth-order valence-corrected chi connectivity index (χ4v) is 3.55. The Morgan fingerprint density at radius 2 is 2.10 bits per heavy atom. The molecule has 1 aliphatic heterocycles. The first-order valence-corrected chi connectivity index (χ1v) is 8.51. The molecular weight excluding hydrogens is 326 g/mol. The lowest BCUT2D eigenvalue weighted by Gasteiger charge is -2.31. The highest BCUT2D eigenvalue weighted by atomic mass is 79.9. The summed E-state index contributed by atoms with van der Waals surface area (Å²) in [5.41, 5.74) is 2.66. The largest absolute Gasteiger partial charge is 0.298 e. The molecule has 114 valence electrons. The Balaban J connectivity index is 1.76. The van der Waals surface area contributed by atoms with Gasteiger partial charge in [-0.2, -0.15) is 5.10 Å². The van der Waals surface area contributed by atoms with Crippen molar-refractivity contribution in [1.82, 2.24) is 14.7 Å². The highest BCUT2D eigenvalue weighted by molar-refractivity contribution is 9.10. The lowest BCUT2D eigenvalue weighted by atomic mass is 10.1. The maximum Gasteiger partial charge on any atom is 0.0926 e. The van der Waals surface area contributed by atoms with Gasteiger partial charge >= 0.3 is 0 Å². The molecule has 0 N–H and O–H groups in total. The molecule has 2 aromatic rings. The number of rotatable bonds is 2. The van der Waals surface area contributed by atoms with E-state index in [0.29, 0.717) is 5.92 Å². The predicted molar refractivity (Wildman–Crippen MR) is 91.6 cm³/mol. The van der Waals surface area contributed by atoms with Crippen LogP contribution in [0.3, 0.4) is 0 Å². The lowest BCUT2D eigenvalue weighted by Crippen LogP contribution is -2.39. The number of likely N-dealkylation sites (tertiary alicyclic amines) is 1. The third-order valence-electron chi connectivity index (χ3n) is 4.62. The van der Waals surface area contributed by atoms with Gasteiger partial charge in [0.15, 0.2) is 0 Å². The number of hydrogen-bond acceptors (Lipinski definition) is 2. The average Bonchev–Trinajstić information content (AvgIpc) is 3.01. The van der Waals surface area contributed by atoms with E-state index in [1.165, 1.54) is 30.5 Å². The number of hydrogen-bond donors (Lipinski definition) is 0. The minimum atomic E-state index is 0.283. The Morgan fingerprint density at radius 3 is 2.76 bits per heavy atom. The van der Waals surface area contributed by atoms with Gasteiger partial charge in [0.2, 0.25) is 0 Å². The molecule has 0 radical (unpaired) electrons. The zero-order valence-electron chi connectivity index (χ0n) is 13.4. The maximum absolute atomic E-state index is 4.74. The lowest BCUT2D eigenvalue weighted by molar-refractivity contribution is 0.166. The number of aromatic nitrogens is 2. The monoisotopic (exact) mass is 349 g/mol. The van der Waals surface area contributed by atoms with E-state index in [1.54, 1.807) is 0 Å². The second kappa shape index (κ2) is 5.40. The number of benzene rings is 1. The fourth-order valence-electron chi connectivity index (χ4n) is 3.20. The van der Waals surface area contributed by atoms with Crippen molar-refractivity contribution in [2.45, 2.75) is 46.2 Å². The molecule has 1 fully saturated rings. The SMILES string of the molecule is Cc1c(Br)ccc2nn(C[C@@H]3CCN(C(C)(C)C)C3)cc12. The highest BCUT2D eigenvalue weighted by Gasteiger charge is 2.30. The number of halogens is 1. The van der Waals surface area contributed by atoms with Crippen LogP contribution < -0.4 is 0 Å². The van der Waals surface area contributed by atoms with Crippen LogP contribution in [-0.4, -0.2) is 33.3 Å². The summed E-state index contributed by atoms with van der Waals surface area (Å²) in [6.07, 6.45) is 3.48. The summed E-state index contributed by atoms with van der Waals surface area (Å²) in [7, 11) is 0. The summed E-state index contributed by atoms with van der Waals surface area (Å²) in [6, 6.07) is 4.19. The van der Waals surface area contributed by atoms with E-state index in [-0.39, 0.29) is 5.54 Å². The van der Waals surface area contributed by atoms with Crippen molar-refractivity contribution in [2.24, 2.45) is 5.92 Å². The van der Waals surface area contributed by atoms with E-state index >= 15 is 0 Å². The molecule has 21 heavy (non-hydrogen) atoms. The topological polar surface area (TPSA) is 21.1 Å². The van der Waals surface area contributed by atoms with Crippen LogP contribution in [0.2, 0.25) is 0 Å². The van der Waals surface area contributed by atoms with Crippen LogP contribution in [0, 0.1) is 12.8 Å². The smallest absolute Gasteiger partial charge is 0.0926 e. The van der Waals surface area contributed by atoms with Crippen LogP contribution in [0.1, 0.15) is 32.8 Å². The minimum absolute atomic E-state index is 0.283. The first-order chi connectivity index (χ1) is 9.84. The number of nitrogens with zero attached hydrogens (tertiary/aromatic N) is 3. The van der Waals surface area contributed by atoms with Gasteiger partial charge in [0.1, 0.15) is 0 Å². The molecule has 3 rings (SSSR count). The van der Waals surface area contributed by atoms with Gasteiger partial charge in [-0.3, -0.25) is 9.58 Å². The van der Waals surface area contributed by atoms with Crippen molar-refractivity contribution in [3.63, 3.8) is 0 Å². The minimum Gasteiger partial charge on any atom is -0.298 e. The first-order valence-electron chi connectivity index (χ1n) is 7.72. The molecule has 1 aliphatic rings. The molecule has 3 nitrogen and oxygen atoms in total. The number of aryl methyl sites for hydroxylation is 1. The zero-order valence-corrected chi connectivity index (χ0v) is 14.9. The van der Waals surface area contributed by atoms with Crippen LogP contribution in [0.5, 0.6) is 0 Å². The van der Waals surface area contributed by atoms with E-state index in [2.05, 4.69) is 71.5 Å². The molecule has 0 spiro atoms. The highest BCUT2D eigenvalue weighted by Crippen LogP contribution is 2.28. The second-order valence-electron chi connectivity index (χ2n) is 7.23. The molecule has 1 aromatic heterocycles. The molecule has 0 amide bonds. The zero-order chi connectivity index (χ0) is 15.2. The predicted octanol–water partition coefficient (Wildman–Crippen LogP) is 4.23. The molecule has 1 saturated heterocycles. The van der Waals surface area contributed by atoms with Crippen molar-refractivity contribution in [3.8, 4) is 0 Å². The van der Waals surface area contributed by atoms with Crippen LogP contribution in [0.4, 0.5) is 0 Å². The summed E-state index contributed by atoms with van der Waals surface area (Å²) in [5, 5.41) is 6.00.